The van der Waals surface area contributed by atoms with Gasteiger partial charge in [0.1, 0.15) is 4.90 Å². The lowest BCUT2D eigenvalue weighted by molar-refractivity contribution is 0.00578. The first kappa shape index (κ1) is 15.4. The van der Waals surface area contributed by atoms with Crippen LogP contribution in [0.2, 0.25) is 0 Å². The van der Waals surface area contributed by atoms with Crippen molar-refractivity contribution in [2.45, 2.75) is 43.8 Å². The minimum atomic E-state index is -3.75. The highest BCUT2D eigenvalue weighted by atomic mass is 32.2. The Bertz CT molecular complexity index is 629. The van der Waals surface area contributed by atoms with Crippen molar-refractivity contribution in [3.8, 4) is 0 Å². The number of nitrogens with zero attached hydrogens (tertiary/aromatic N) is 1. The molecule has 0 unspecified atom stereocenters. The molecule has 2 heterocycles. The Morgan fingerprint density at radius 3 is 2.10 bits per heavy atom. The molecule has 0 saturated carbocycles. The van der Waals surface area contributed by atoms with Crippen LogP contribution in [0.4, 0.5) is 4.39 Å². The van der Waals surface area contributed by atoms with Crippen molar-refractivity contribution >= 4 is 22.4 Å². The molecule has 1 aliphatic heterocycles. The lowest BCUT2D eigenvalue weighted by Crippen LogP contribution is -2.41. The zero-order valence-electron chi connectivity index (χ0n) is 12.1. The number of rotatable bonds is 2. The van der Waals surface area contributed by atoms with E-state index in [1.165, 1.54) is 6.20 Å². The van der Waals surface area contributed by atoms with Gasteiger partial charge in [0.05, 0.1) is 17.4 Å². The maximum atomic E-state index is 13.8. The van der Waals surface area contributed by atoms with Crippen LogP contribution in [0.15, 0.2) is 17.3 Å². The summed E-state index contributed by atoms with van der Waals surface area (Å²) in [5, 5.41) is 0. The third-order valence-electron chi connectivity index (χ3n) is 3.76. The van der Waals surface area contributed by atoms with E-state index in [0.717, 1.165) is 12.5 Å². The second-order valence-corrected chi connectivity index (χ2v) is 7.85. The first-order chi connectivity index (χ1) is 8.96. The van der Waals surface area contributed by atoms with Crippen LogP contribution in [0.25, 0.3) is 0 Å². The molecule has 1 fully saturated rings. The Labute approximate surface area is 118 Å². The first-order valence-corrected chi connectivity index (χ1v) is 8.04. The van der Waals surface area contributed by atoms with Crippen molar-refractivity contribution in [1.82, 2.24) is 4.98 Å². The minimum absolute atomic E-state index is 0.0890. The smallest absolute Gasteiger partial charge is 0.399 e. The second kappa shape index (κ2) is 4.51. The Morgan fingerprint density at radius 1 is 1.15 bits per heavy atom. The molecule has 0 bridgehead atoms. The largest absolute Gasteiger partial charge is 0.497 e. The summed E-state index contributed by atoms with van der Waals surface area (Å²) in [7, 11) is -4.72. The molecule has 0 spiro atoms. The Hall–Kier alpha value is -0.985. The van der Waals surface area contributed by atoms with Gasteiger partial charge in [0, 0.05) is 17.9 Å². The molecule has 1 aliphatic rings. The number of sulfone groups is 1. The third kappa shape index (κ3) is 2.47. The monoisotopic (exact) mass is 301 g/mol. The van der Waals surface area contributed by atoms with Crippen molar-refractivity contribution in [3.05, 3.63) is 18.2 Å². The van der Waals surface area contributed by atoms with Gasteiger partial charge >= 0.3 is 7.12 Å². The maximum absolute atomic E-state index is 13.8. The van der Waals surface area contributed by atoms with Gasteiger partial charge in [-0.05, 0) is 27.7 Å². The molecule has 1 aromatic rings. The number of halogens is 1. The normalized spacial score (nSPS) is 21.2. The molecule has 0 atom stereocenters. The molecule has 5 nitrogen and oxygen atoms in total. The van der Waals surface area contributed by atoms with Gasteiger partial charge in [-0.25, -0.2) is 12.8 Å². The number of pyridine rings is 1. The molecule has 0 aliphatic carbocycles. The van der Waals surface area contributed by atoms with Crippen LogP contribution in [-0.2, 0) is 19.1 Å². The summed E-state index contributed by atoms with van der Waals surface area (Å²) in [5.74, 6) is -0.903. The van der Waals surface area contributed by atoms with Crippen LogP contribution in [0.3, 0.4) is 0 Å². The van der Waals surface area contributed by atoms with Gasteiger partial charge < -0.3 is 9.31 Å². The number of hydrogen-bond acceptors (Lipinski definition) is 5. The zero-order valence-corrected chi connectivity index (χ0v) is 12.9. The van der Waals surface area contributed by atoms with Gasteiger partial charge in [-0.1, -0.05) is 0 Å². The highest BCUT2D eigenvalue weighted by Crippen LogP contribution is 2.36. The van der Waals surface area contributed by atoms with Crippen molar-refractivity contribution in [3.63, 3.8) is 0 Å². The van der Waals surface area contributed by atoms with Gasteiger partial charge in [-0.15, -0.1) is 0 Å². The van der Waals surface area contributed by atoms with Gasteiger partial charge in [-0.3, -0.25) is 4.98 Å². The molecule has 8 heteroatoms. The van der Waals surface area contributed by atoms with E-state index in [1.807, 2.05) is 27.7 Å². The van der Waals surface area contributed by atoms with E-state index >= 15 is 0 Å². The van der Waals surface area contributed by atoms with Crippen LogP contribution in [-0.4, -0.2) is 38.0 Å². The fourth-order valence-electron chi connectivity index (χ4n) is 1.97. The average Bonchev–Trinajstić information content (AvgIpc) is 2.46. The van der Waals surface area contributed by atoms with E-state index in [4.69, 9.17) is 9.31 Å². The molecule has 0 aromatic carbocycles. The van der Waals surface area contributed by atoms with Gasteiger partial charge in [0.15, 0.2) is 15.7 Å². The molecule has 0 radical (unpaired) electrons. The van der Waals surface area contributed by atoms with E-state index in [9.17, 15) is 12.8 Å². The van der Waals surface area contributed by atoms with E-state index in [0.29, 0.717) is 0 Å². The highest BCUT2D eigenvalue weighted by Gasteiger charge is 2.53. The van der Waals surface area contributed by atoms with Crippen LogP contribution in [0.1, 0.15) is 27.7 Å². The van der Waals surface area contributed by atoms with Crippen molar-refractivity contribution in [2.24, 2.45) is 0 Å². The van der Waals surface area contributed by atoms with Crippen LogP contribution in [0, 0.1) is 5.82 Å². The fourth-order valence-corrected chi connectivity index (χ4v) is 2.95. The molecule has 0 N–H and O–H groups in total. The van der Waals surface area contributed by atoms with Gasteiger partial charge in [0.25, 0.3) is 0 Å². The van der Waals surface area contributed by atoms with Crippen molar-refractivity contribution in [2.75, 3.05) is 6.26 Å². The number of aromatic nitrogens is 1. The second-order valence-electron chi connectivity index (χ2n) is 5.90. The molecule has 2 rings (SSSR count). The molecular weight excluding hydrogens is 284 g/mol. The Morgan fingerprint density at radius 2 is 1.65 bits per heavy atom. The molecule has 0 amide bonds. The average molecular weight is 301 g/mol. The third-order valence-corrected chi connectivity index (χ3v) is 4.93. The maximum Gasteiger partial charge on any atom is 0.497 e. The SMILES string of the molecule is CC1(C)OB(c2cncc(F)c2S(C)(=O)=O)OC1(C)C. The molecule has 1 aromatic heterocycles. The fraction of sp³-hybridized carbons (Fsp3) is 0.583. The predicted octanol–water partition coefficient (Wildman–Crippen LogP) is 0.923. The summed E-state index contributed by atoms with van der Waals surface area (Å²) >= 11 is 0. The van der Waals surface area contributed by atoms with Crippen molar-refractivity contribution < 1.29 is 22.1 Å². The quantitative estimate of drug-likeness (QED) is 0.760. The van der Waals surface area contributed by atoms with Crippen LogP contribution >= 0.6 is 0 Å². The summed E-state index contributed by atoms with van der Waals surface area (Å²) < 4.78 is 48.9. The minimum Gasteiger partial charge on any atom is -0.399 e. The van der Waals surface area contributed by atoms with Crippen molar-refractivity contribution in [1.29, 1.82) is 0 Å². The summed E-state index contributed by atoms with van der Waals surface area (Å²) in [6.07, 6.45) is 3.08. The summed E-state index contributed by atoms with van der Waals surface area (Å²) in [6, 6.07) is 0. The van der Waals surface area contributed by atoms with E-state index < -0.39 is 38.9 Å². The highest BCUT2D eigenvalue weighted by molar-refractivity contribution is 7.91. The Balaban J connectivity index is 2.55. The summed E-state index contributed by atoms with van der Waals surface area (Å²) in [6.45, 7) is 7.33. The van der Waals surface area contributed by atoms with Gasteiger partial charge in [0.2, 0.25) is 0 Å². The lowest BCUT2D eigenvalue weighted by atomic mass is 9.80. The molecular formula is C12H17BFNO4S. The van der Waals surface area contributed by atoms with E-state index in [-0.39, 0.29) is 5.46 Å². The summed E-state index contributed by atoms with van der Waals surface area (Å²) in [4.78, 5) is 3.27. The Kier molecular flexibility index (Phi) is 3.47. The molecule has 110 valence electrons. The first-order valence-electron chi connectivity index (χ1n) is 6.15. The number of hydrogen-bond donors (Lipinski definition) is 0. The van der Waals surface area contributed by atoms with E-state index in [1.54, 1.807) is 0 Å². The predicted molar refractivity (Wildman–Crippen MR) is 73.0 cm³/mol. The standard InChI is InChI=1S/C12H17BFNO4S/c1-11(2)12(3,4)19-13(18-11)8-6-15-7-9(14)10(8)20(5,16)17/h6-7H,1-5H3. The molecule has 20 heavy (non-hydrogen) atoms. The zero-order chi connectivity index (χ0) is 15.3. The van der Waals surface area contributed by atoms with Crippen LogP contribution in [0.5, 0.6) is 0 Å². The topological polar surface area (TPSA) is 65.5 Å². The molecule has 1 saturated heterocycles. The van der Waals surface area contributed by atoms with Crippen LogP contribution < -0.4 is 5.46 Å². The lowest BCUT2D eigenvalue weighted by Gasteiger charge is -2.32. The van der Waals surface area contributed by atoms with Gasteiger partial charge in [-0.2, -0.15) is 0 Å². The summed E-state index contributed by atoms with van der Waals surface area (Å²) in [5.41, 5.74) is -1.19. The van der Waals surface area contributed by atoms with E-state index in [2.05, 4.69) is 4.98 Å².